The van der Waals surface area contributed by atoms with Gasteiger partial charge >= 0.3 is 6.09 Å². The molecular weight excluding hydrogens is 322 g/mol. The number of aromatic nitrogens is 2. The average molecular weight is 348 g/mol. The molecule has 0 N–H and O–H groups in total. The monoisotopic (exact) mass is 348 g/mol. The summed E-state index contributed by atoms with van der Waals surface area (Å²) in [5.74, 6) is 1.74. The van der Waals surface area contributed by atoms with Crippen LogP contribution in [0.15, 0.2) is 29.4 Å². The van der Waals surface area contributed by atoms with Crippen LogP contribution in [0, 0.1) is 0 Å². The van der Waals surface area contributed by atoms with E-state index in [0.717, 1.165) is 17.1 Å². The molecule has 24 heavy (non-hydrogen) atoms. The Balaban J connectivity index is 2.42. The smallest absolute Gasteiger partial charge is 0.406 e. The van der Waals surface area contributed by atoms with Gasteiger partial charge in [0, 0.05) is 24.9 Å². The summed E-state index contributed by atoms with van der Waals surface area (Å²) in [5, 5.41) is 0. The summed E-state index contributed by atoms with van der Waals surface area (Å²) >= 11 is 1.77. The van der Waals surface area contributed by atoms with Gasteiger partial charge in [0.25, 0.3) is 0 Å². The summed E-state index contributed by atoms with van der Waals surface area (Å²) in [4.78, 5) is 18.1. The summed E-state index contributed by atoms with van der Waals surface area (Å²) in [6.07, 6.45) is 3.34. The van der Waals surface area contributed by atoms with Crippen molar-refractivity contribution in [1.29, 1.82) is 0 Å². The second kappa shape index (κ2) is 6.59. The predicted molar refractivity (Wildman–Crippen MR) is 98.2 cm³/mol. The van der Waals surface area contributed by atoms with Crippen molar-refractivity contribution in [2.45, 2.75) is 57.6 Å². The number of carbonyl (C=O) groups is 1. The minimum absolute atomic E-state index is 0.469. The first kappa shape index (κ1) is 18.5. The van der Waals surface area contributed by atoms with Gasteiger partial charge < -0.3 is 4.74 Å². The zero-order valence-electron chi connectivity index (χ0n) is 15.3. The Morgan fingerprint density at radius 3 is 2.62 bits per heavy atom. The number of pyridine rings is 1. The van der Waals surface area contributed by atoms with E-state index in [1.54, 1.807) is 11.8 Å². The Labute approximate surface area is 147 Å². The molecule has 0 spiro atoms. The first-order valence-corrected chi connectivity index (χ1v) is 8.99. The van der Waals surface area contributed by atoms with Crippen LogP contribution in [0.4, 0.5) is 4.79 Å². The highest BCUT2D eigenvalue weighted by molar-refractivity contribution is 7.99. The molecule has 0 aromatic carbocycles. The first-order valence-electron chi connectivity index (χ1n) is 8.01. The van der Waals surface area contributed by atoms with Crippen LogP contribution in [-0.4, -0.2) is 38.1 Å². The molecule has 0 radical (unpaired) electrons. The maximum Gasteiger partial charge on any atom is 0.597 e. The Hall–Kier alpha value is -1.82. The third kappa shape index (κ3) is 3.64. The second-order valence-electron chi connectivity index (χ2n) is 7.11. The minimum Gasteiger partial charge on any atom is -0.406 e. The fraction of sp³-hybridized carbons (Fsp3) is 0.500. The predicted octanol–water partition coefficient (Wildman–Crippen LogP) is 4.33. The van der Waals surface area contributed by atoms with Gasteiger partial charge in [0.05, 0.1) is 11.7 Å². The van der Waals surface area contributed by atoms with Gasteiger partial charge in [-0.15, -0.1) is 16.3 Å². The van der Waals surface area contributed by atoms with Gasteiger partial charge in [-0.25, -0.2) is 4.98 Å². The zero-order valence-corrected chi connectivity index (χ0v) is 16.1. The Morgan fingerprint density at radius 1 is 1.38 bits per heavy atom. The van der Waals surface area contributed by atoms with Crippen molar-refractivity contribution in [3.63, 3.8) is 0 Å². The summed E-state index contributed by atoms with van der Waals surface area (Å²) in [6, 6.07) is 4.07. The Morgan fingerprint density at radius 2 is 2.04 bits per heavy atom. The highest BCUT2D eigenvalue weighted by atomic mass is 32.2. The van der Waals surface area contributed by atoms with Crippen LogP contribution in [0.3, 0.4) is 0 Å². The van der Waals surface area contributed by atoms with E-state index in [1.807, 2.05) is 57.5 Å². The molecule has 0 saturated carbocycles. The molecule has 2 aromatic rings. The fourth-order valence-electron chi connectivity index (χ4n) is 2.39. The third-order valence-corrected chi connectivity index (χ3v) is 4.61. The van der Waals surface area contributed by atoms with Crippen molar-refractivity contribution in [2.75, 3.05) is 5.75 Å². The molecule has 0 aliphatic heterocycles. The molecule has 6 heteroatoms. The van der Waals surface area contributed by atoms with Crippen molar-refractivity contribution < 1.29 is 14.1 Å². The topological polar surface area (TPSA) is 46.6 Å². The maximum atomic E-state index is 12.4. The average Bonchev–Trinajstić information content (AvgIpc) is 2.90. The molecule has 0 atom stereocenters. The molecule has 0 fully saturated rings. The number of hydrogen-bond acceptors (Lipinski definition) is 4. The molecule has 0 saturated heterocycles. The Kier molecular flexibility index (Phi) is 5.08. The van der Waals surface area contributed by atoms with Gasteiger partial charge in [0.1, 0.15) is 12.3 Å². The molecule has 2 rings (SSSR count). The quantitative estimate of drug-likeness (QED) is 0.469. The highest BCUT2D eigenvalue weighted by Gasteiger charge is 2.42. The number of imidazole rings is 1. The summed E-state index contributed by atoms with van der Waals surface area (Å²) in [6.45, 7) is 15.4. The number of nitrogens with zero attached hydrogens (tertiary/aromatic N) is 3. The number of amides is 1. The molecule has 130 valence electrons. The second-order valence-corrected chi connectivity index (χ2v) is 8.42. The molecule has 0 aliphatic rings. The molecule has 2 heterocycles. The lowest BCUT2D eigenvalue weighted by Crippen LogP contribution is -2.41. The number of thioether (sulfide) groups is 1. The number of rotatable bonds is 4. The van der Waals surface area contributed by atoms with Crippen LogP contribution in [0.2, 0.25) is 0 Å². The van der Waals surface area contributed by atoms with Crippen molar-refractivity contribution in [3.8, 4) is 0 Å². The molecular formula is C18H26N3O2S+. The lowest BCUT2D eigenvalue weighted by atomic mass is 10.0. The largest absolute Gasteiger partial charge is 0.597 e. The van der Waals surface area contributed by atoms with Crippen molar-refractivity contribution >= 4 is 30.1 Å². The van der Waals surface area contributed by atoms with Crippen LogP contribution in [0.5, 0.6) is 0 Å². The number of carbonyl (C=O) groups excluding carboxylic acids is 1. The van der Waals surface area contributed by atoms with Crippen LogP contribution in [-0.2, 0) is 10.3 Å². The number of hydrogen-bond donors (Lipinski definition) is 0. The minimum atomic E-state index is -0.718. The van der Waals surface area contributed by atoms with E-state index in [0.29, 0.717) is 0 Å². The van der Waals surface area contributed by atoms with Gasteiger partial charge in [-0.2, -0.15) is 4.79 Å². The summed E-state index contributed by atoms with van der Waals surface area (Å²) in [5.41, 5.74) is -0.252. The van der Waals surface area contributed by atoms with Gasteiger partial charge in [-0.05, 0) is 38.7 Å². The molecule has 0 bridgehead atoms. The maximum absolute atomic E-state index is 12.4. The fourth-order valence-corrected chi connectivity index (χ4v) is 3.18. The van der Waals surface area contributed by atoms with Crippen LogP contribution >= 0.6 is 11.8 Å². The van der Waals surface area contributed by atoms with Crippen molar-refractivity contribution in [3.05, 3.63) is 30.4 Å². The van der Waals surface area contributed by atoms with E-state index in [-0.39, 0.29) is 0 Å². The van der Waals surface area contributed by atoms with E-state index < -0.39 is 17.2 Å². The van der Waals surface area contributed by atoms with E-state index in [2.05, 4.69) is 24.7 Å². The van der Waals surface area contributed by atoms with Gasteiger partial charge in [-0.1, -0.05) is 6.92 Å². The molecule has 1 amide bonds. The number of fused-ring (bicyclic) bond motifs is 1. The molecule has 5 nitrogen and oxygen atoms in total. The van der Waals surface area contributed by atoms with Crippen molar-refractivity contribution in [1.82, 2.24) is 9.38 Å². The van der Waals surface area contributed by atoms with Crippen LogP contribution in [0.25, 0.3) is 5.52 Å². The van der Waals surface area contributed by atoms with E-state index in [4.69, 9.17) is 4.74 Å². The number of ether oxygens (including phenoxy) is 1. The summed E-state index contributed by atoms with van der Waals surface area (Å²) in [7, 11) is 0. The first-order chi connectivity index (χ1) is 11.1. The van der Waals surface area contributed by atoms with Crippen LogP contribution < -0.4 is 0 Å². The van der Waals surface area contributed by atoms with E-state index in [1.165, 1.54) is 9.47 Å². The van der Waals surface area contributed by atoms with Gasteiger partial charge in [0.15, 0.2) is 5.82 Å². The van der Waals surface area contributed by atoms with Gasteiger partial charge in [-0.3, -0.25) is 4.40 Å². The third-order valence-electron chi connectivity index (χ3n) is 3.67. The van der Waals surface area contributed by atoms with Crippen LogP contribution in [0.1, 0.15) is 47.4 Å². The standard InChI is InChI=1S/C18H26N3O2S/c1-8-24-14-10-9-11-21-13(14)12-19-15(21)18(5,6)20(7)16(22)23-17(2,3)4/h9-12H,7-8H2,1-6H3/q+1. The normalized spacial score (nSPS) is 12.4. The summed E-state index contributed by atoms with van der Waals surface area (Å²) < 4.78 is 8.81. The molecule has 0 unspecified atom stereocenters. The zero-order chi connectivity index (χ0) is 18.1. The van der Waals surface area contributed by atoms with E-state index >= 15 is 0 Å². The highest BCUT2D eigenvalue weighted by Crippen LogP contribution is 2.29. The van der Waals surface area contributed by atoms with E-state index in [9.17, 15) is 4.79 Å². The van der Waals surface area contributed by atoms with Gasteiger partial charge in [0.2, 0.25) is 5.54 Å². The SMILES string of the molecule is C=[N+](C(=O)OC(C)(C)C)C(C)(C)c1ncc2c(SCC)cccn12. The lowest BCUT2D eigenvalue weighted by Gasteiger charge is -2.22. The van der Waals surface area contributed by atoms with Crippen molar-refractivity contribution in [2.24, 2.45) is 0 Å². The molecule has 0 aliphatic carbocycles. The Bertz CT molecular complexity index is 772. The lowest BCUT2D eigenvalue weighted by molar-refractivity contribution is -0.532. The molecule has 2 aromatic heterocycles.